The predicted octanol–water partition coefficient (Wildman–Crippen LogP) is 4.00. The van der Waals surface area contributed by atoms with E-state index in [-0.39, 0.29) is 6.04 Å². The Kier molecular flexibility index (Phi) is 5.64. The number of benzene rings is 2. The van der Waals surface area contributed by atoms with Crippen LogP contribution in [0.3, 0.4) is 0 Å². The van der Waals surface area contributed by atoms with E-state index in [1.54, 1.807) is 6.20 Å². The van der Waals surface area contributed by atoms with Gasteiger partial charge in [0.05, 0.1) is 17.4 Å². The molecule has 0 amide bonds. The van der Waals surface area contributed by atoms with E-state index in [0.717, 1.165) is 41.3 Å². The van der Waals surface area contributed by atoms with Gasteiger partial charge in [0, 0.05) is 37.0 Å². The van der Waals surface area contributed by atoms with Crippen LogP contribution in [0.25, 0.3) is 16.8 Å². The van der Waals surface area contributed by atoms with E-state index in [4.69, 9.17) is 9.72 Å². The molecule has 5 heteroatoms. The van der Waals surface area contributed by atoms with Crippen molar-refractivity contribution in [3.63, 3.8) is 0 Å². The number of para-hydroxylation sites is 1. The average molecular weight is 372 g/mol. The van der Waals surface area contributed by atoms with Crippen molar-refractivity contribution in [1.29, 1.82) is 0 Å². The van der Waals surface area contributed by atoms with Crippen LogP contribution in [-0.4, -0.2) is 33.6 Å². The van der Waals surface area contributed by atoms with Crippen molar-refractivity contribution in [2.75, 3.05) is 13.2 Å². The number of imidazole rings is 1. The van der Waals surface area contributed by atoms with Crippen LogP contribution in [0, 0.1) is 0 Å². The second-order valence-corrected chi connectivity index (χ2v) is 6.80. The Morgan fingerprint density at radius 2 is 1.79 bits per heavy atom. The summed E-state index contributed by atoms with van der Waals surface area (Å²) in [5.41, 5.74) is 3.12. The summed E-state index contributed by atoms with van der Waals surface area (Å²) in [7, 11) is 0. The molecule has 2 aromatic heterocycles. The minimum atomic E-state index is 0.252. The van der Waals surface area contributed by atoms with Gasteiger partial charge in [0.15, 0.2) is 0 Å². The molecule has 0 saturated heterocycles. The molecular weight excluding hydrogens is 348 g/mol. The molecule has 2 heterocycles. The molecule has 0 radical (unpaired) electrons. The third kappa shape index (κ3) is 4.21. The van der Waals surface area contributed by atoms with Crippen LogP contribution in [0.4, 0.5) is 0 Å². The van der Waals surface area contributed by atoms with Gasteiger partial charge < -0.3 is 14.5 Å². The number of hydrogen-bond donors (Lipinski definition) is 1. The third-order valence-corrected chi connectivity index (χ3v) is 4.65. The maximum atomic E-state index is 5.81. The highest BCUT2D eigenvalue weighted by atomic mass is 16.5. The van der Waals surface area contributed by atoms with E-state index in [2.05, 4.69) is 33.8 Å². The highest BCUT2D eigenvalue weighted by Crippen LogP contribution is 2.24. The van der Waals surface area contributed by atoms with E-state index in [1.165, 1.54) is 0 Å². The second-order valence-electron chi connectivity index (χ2n) is 6.80. The number of nitrogens with one attached hydrogen (secondary N) is 1. The van der Waals surface area contributed by atoms with Gasteiger partial charge in [-0.25, -0.2) is 4.98 Å². The first-order valence-corrected chi connectivity index (χ1v) is 9.59. The first kappa shape index (κ1) is 18.2. The minimum Gasteiger partial charge on any atom is -0.492 e. The zero-order valence-electron chi connectivity index (χ0n) is 16.0. The Bertz CT molecular complexity index is 1010. The third-order valence-electron chi connectivity index (χ3n) is 4.65. The largest absolute Gasteiger partial charge is 0.492 e. The van der Waals surface area contributed by atoms with Crippen molar-refractivity contribution in [3.8, 4) is 17.0 Å². The Hall–Kier alpha value is -3.18. The summed E-state index contributed by atoms with van der Waals surface area (Å²) in [6, 6.07) is 20.4. The van der Waals surface area contributed by atoms with Crippen LogP contribution in [0.5, 0.6) is 5.75 Å². The summed E-state index contributed by atoms with van der Waals surface area (Å²) in [6.07, 6.45) is 6.49. The standard InChI is InChI=1S/C23H24N4O/c1-18(17-28-20-10-6-3-7-11-20)25-13-12-22-26-23(19-8-4-2-5-9-19)21-16-24-14-15-27(21)22/h2-11,14-16,18,25H,12-13,17H2,1H3. The van der Waals surface area contributed by atoms with Crippen LogP contribution >= 0.6 is 0 Å². The van der Waals surface area contributed by atoms with E-state index in [0.29, 0.717) is 6.61 Å². The molecule has 0 aliphatic carbocycles. The van der Waals surface area contributed by atoms with Gasteiger partial charge in [-0.1, -0.05) is 48.5 Å². The zero-order valence-corrected chi connectivity index (χ0v) is 16.0. The van der Waals surface area contributed by atoms with E-state index in [1.807, 2.05) is 60.9 Å². The molecule has 2 aromatic carbocycles. The van der Waals surface area contributed by atoms with E-state index in [9.17, 15) is 0 Å². The summed E-state index contributed by atoms with van der Waals surface area (Å²) in [5.74, 6) is 1.93. The van der Waals surface area contributed by atoms with Crippen molar-refractivity contribution in [2.24, 2.45) is 0 Å². The highest BCUT2D eigenvalue weighted by molar-refractivity contribution is 5.77. The van der Waals surface area contributed by atoms with Crippen LogP contribution in [0.15, 0.2) is 79.3 Å². The number of hydrogen-bond acceptors (Lipinski definition) is 4. The van der Waals surface area contributed by atoms with Gasteiger partial charge in [0.25, 0.3) is 0 Å². The summed E-state index contributed by atoms with van der Waals surface area (Å²) < 4.78 is 7.94. The number of aromatic nitrogens is 3. The van der Waals surface area contributed by atoms with Crippen LogP contribution < -0.4 is 10.1 Å². The molecule has 1 atom stereocenters. The molecule has 0 aliphatic heterocycles. The maximum Gasteiger partial charge on any atom is 0.119 e. The van der Waals surface area contributed by atoms with Gasteiger partial charge in [-0.3, -0.25) is 4.98 Å². The fourth-order valence-electron chi connectivity index (χ4n) is 3.21. The van der Waals surface area contributed by atoms with Gasteiger partial charge in [-0.05, 0) is 19.1 Å². The van der Waals surface area contributed by atoms with Crippen LogP contribution in [0.1, 0.15) is 12.7 Å². The summed E-state index contributed by atoms with van der Waals surface area (Å²) in [4.78, 5) is 9.18. The first-order valence-electron chi connectivity index (χ1n) is 9.59. The lowest BCUT2D eigenvalue weighted by Gasteiger charge is -2.14. The van der Waals surface area contributed by atoms with Crippen molar-refractivity contribution < 1.29 is 4.74 Å². The van der Waals surface area contributed by atoms with Gasteiger partial charge in [-0.15, -0.1) is 0 Å². The van der Waals surface area contributed by atoms with Crippen LogP contribution in [-0.2, 0) is 6.42 Å². The zero-order chi connectivity index (χ0) is 19.2. The molecule has 0 fully saturated rings. The van der Waals surface area contributed by atoms with E-state index >= 15 is 0 Å². The fraction of sp³-hybridized carbons (Fsp3) is 0.217. The van der Waals surface area contributed by atoms with Crippen molar-refractivity contribution in [3.05, 3.63) is 85.1 Å². The lowest BCUT2D eigenvalue weighted by molar-refractivity contribution is 0.274. The smallest absolute Gasteiger partial charge is 0.119 e. The second kappa shape index (κ2) is 8.67. The Morgan fingerprint density at radius 3 is 2.57 bits per heavy atom. The quantitative estimate of drug-likeness (QED) is 0.508. The number of ether oxygens (including phenoxy) is 1. The molecule has 0 aliphatic rings. The Balaban J connectivity index is 1.40. The Morgan fingerprint density at radius 1 is 1.04 bits per heavy atom. The van der Waals surface area contributed by atoms with Gasteiger partial charge >= 0.3 is 0 Å². The number of fused-ring (bicyclic) bond motifs is 1. The molecule has 1 N–H and O–H groups in total. The molecule has 5 nitrogen and oxygen atoms in total. The molecule has 1 unspecified atom stereocenters. The fourth-order valence-corrected chi connectivity index (χ4v) is 3.21. The van der Waals surface area contributed by atoms with Crippen molar-refractivity contribution >= 4 is 5.52 Å². The topological polar surface area (TPSA) is 51.5 Å². The molecule has 0 spiro atoms. The molecule has 28 heavy (non-hydrogen) atoms. The maximum absolute atomic E-state index is 5.81. The highest BCUT2D eigenvalue weighted by Gasteiger charge is 2.13. The number of rotatable bonds is 8. The minimum absolute atomic E-state index is 0.252. The van der Waals surface area contributed by atoms with Gasteiger partial charge in [-0.2, -0.15) is 0 Å². The van der Waals surface area contributed by atoms with Gasteiger partial charge in [0.1, 0.15) is 18.2 Å². The van der Waals surface area contributed by atoms with Crippen LogP contribution in [0.2, 0.25) is 0 Å². The predicted molar refractivity (Wildman–Crippen MR) is 112 cm³/mol. The molecular formula is C23H24N4O. The summed E-state index contributed by atoms with van der Waals surface area (Å²) in [5, 5.41) is 3.52. The van der Waals surface area contributed by atoms with Crippen molar-refractivity contribution in [1.82, 2.24) is 19.7 Å². The SMILES string of the molecule is CC(COc1ccccc1)NCCc1nc(-c2ccccc2)c2cnccn12. The normalized spacial score (nSPS) is 12.2. The Labute approximate surface area is 165 Å². The average Bonchev–Trinajstić information content (AvgIpc) is 3.12. The molecule has 142 valence electrons. The molecule has 4 rings (SSSR count). The molecule has 0 saturated carbocycles. The number of nitrogens with zero attached hydrogens (tertiary/aromatic N) is 3. The van der Waals surface area contributed by atoms with E-state index < -0.39 is 0 Å². The van der Waals surface area contributed by atoms with Crippen molar-refractivity contribution in [2.45, 2.75) is 19.4 Å². The lowest BCUT2D eigenvalue weighted by Crippen LogP contribution is -2.33. The van der Waals surface area contributed by atoms with Gasteiger partial charge in [0.2, 0.25) is 0 Å². The first-order chi connectivity index (χ1) is 13.8. The molecule has 4 aromatic rings. The summed E-state index contributed by atoms with van der Waals surface area (Å²) in [6.45, 7) is 3.59. The lowest BCUT2D eigenvalue weighted by atomic mass is 10.1. The molecule has 0 bridgehead atoms. The monoisotopic (exact) mass is 372 g/mol. The summed E-state index contributed by atoms with van der Waals surface area (Å²) >= 11 is 0.